The number of nitrogens with two attached hydrogens (primary N) is 1. The Morgan fingerprint density at radius 2 is 1.96 bits per heavy atom. The van der Waals surface area contributed by atoms with Gasteiger partial charge >= 0.3 is 0 Å². The van der Waals surface area contributed by atoms with Crippen molar-refractivity contribution in [2.45, 2.75) is 17.4 Å². The predicted octanol–water partition coefficient (Wildman–Crippen LogP) is 0.0697. The maximum atomic E-state index is 12.0. The first kappa shape index (κ1) is 20.4. The molecule has 24 heavy (non-hydrogen) atoms. The Morgan fingerprint density at radius 1 is 1.33 bits per heavy atom. The van der Waals surface area contributed by atoms with E-state index in [2.05, 4.69) is 10.0 Å². The third kappa shape index (κ3) is 6.43. The van der Waals surface area contributed by atoms with Crippen LogP contribution in [0.5, 0.6) is 0 Å². The lowest BCUT2D eigenvalue weighted by Gasteiger charge is -2.12. The van der Waals surface area contributed by atoms with E-state index in [-0.39, 0.29) is 29.6 Å². The van der Waals surface area contributed by atoms with Gasteiger partial charge in [0, 0.05) is 25.2 Å². The van der Waals surface area contributed by atoms with Crippen molar-refractivity contribution in [3.63, 3.8) is 0 Å². The molecule has 1 rings (SSSR count). The zero-order valence-corrected chi connectivity index (χ0v) is 14.7. The highest BCUT2D eigenvalue weighted by Gasteiger charge is 2.16. The Labute approximate surface area is 144 Å². The zero-order valence-electron chi connectivity index (χ0n) is 13.1. The van der Waals surface area contributed by atoms with Crippen LogP contribution in [0.1, 0.15) is 6.42 Å². The standard InChI is InChI=1S/C13H20N4O5S2/c1-23-9-6-12(14)13(18)15-7-8-16-24(21,22)11-4-2-10(3-5-11)17(19)20/h2-5,12,16H,6-9,14H2,1H3,(H,15,18)/t12-/m0/s1. The Bertz CT molecular complexity index is 663. The molecule has 4 N–H and O–H groups in total. The van der Waals surface area contributed by atoms with Crippen LogP contribution in [-0.4, -0.2) is 50.4 Å². The van der Waals surface area contributed by atoms with Crippen molar-refractivity contribution >= 4 is 33.4 Å². The first-order valence-electron chi connectivity index (χ1n) is 7.04. The number of amides is 1. The van der Waals surface area contributed by atoms with E-state index >= 15 is 0 Å². The minimum atomic E-state index is -3.79. The third-order valence-corrected chi connectivity index (χ3v) is 5.16. The summed E-state index contributed by atoms with van der Waals surface area (Å²) >= 11 is 1.59. The molecule has 0 heterocycles. The number of sulfonamides is 1. The molecule has 0 saturated heterocycles. The summed E-state index contributed by atoms with van der Waals surface area (Å²) < 4.78 is 26.3. The molecule has 0 aromatic heterocycles. The molecule has 0 saturated carbocycles. The predicted molar refractivity (Wildman–Crippen MR) is 92.3 cm³/mol. The molecule has 0 aliphatic carbocycles. The zero-order chi connectivity index (χ0) is 18.2. The molecule has 0 fully saturated rings. The van der Waals surface area contributed by atoms with Crippen molar-refractivity contribution in [2.75, 3.05) is 25.1 Å². The van der Waals surface area contributed by atoms with E-state index in [1.807, 2.05) is 6.26 Å². The quantitative estimate of drug-likeness (QED) is 0.298. The summed E-state index contributed by atoms with van der Waals surface area (Å²) in [6.45, 7) is 0.0817. The Morgan fingerprint density at radius 3 is 2.50 bits per heavy atom. The lowest BCUT2D eigenvalue weighted by atomic mass is 10.2. The van der Waals surface area contributed by atoms with Crippen LogP contribution in [0.4, 0.5) is 5.69 Å². The molecule has 1 aromatic rings. The minimum absolute atomic E-state index is 0.0136. The van der Waals surface area contributed by atoms with Crippen LogP contribution in [0.2, 0.25) is 0 Å². The van der Waals surface area contributed by atoms with E-state index in [9.17, 15) is 23.3 Å². The minimum Gasteiger partial charge on any atom is -0.353 e. The van der Waals surface area contributed by atoms with Gasteiger partial charge in [-0.1, -0.05) is 0 Å². The molecule has 0 bridgehead atoms. The van der Waals surface area contributed by atoms with E-state index in [1.54, 1.807) is 11.8 Å². The molecular weight excluding hydrogens is 356 g/mol. The first-order chi connectivity index (χ1) is 11.3. The number of benzene rings is 1. The number of rotatable bonds is 10. The van der Waals surface area contributed by atoms with E-state index in [0.29, 0.717) is 6.42 Å². The van der Waals surface area contributed by atoms with Gasteiger partial charge < -0.3 is 11.1 Å². The highest BCUT2D eigenvalue weighted by molar-refractivity contribution is 7.98. The summed E-state index contributed by atoms with van der Waals surface area (Å²) in [6.07, 6.45) is 2.46. The molecule has 0 aliphatic rings. The fraction of sp³-hybridized carbons (Fsp3) is 0.462. The number of nitro benzene ring substituents is 1. The molecule has 0 radical (unpaired) electrons. The summed E-state index contributed by atoms with van der Waals surface area (Å²) in [4.78, 5) is 21.5. The average Bonchev–Trinajstić information content (AvgIpc) is 2.56. The van der Waals surface area contributed by atoms with Crippen molar-refractivity contribution in [2.24, 2.45) is 5.73 Å². The van der Waals surface area contributed by atoms with Gasteiger partial charge in [0.25, 0.3) is 5.69 Å². The molecule has 134 valence electrons. The summed E-state index contributed by atoms with van der Waals surface area (Å²) in [6, 6.07) is 3.90. The second-order valence-electron chi connectivity index (χ2n) is 4.83. The smallest absolute Gasteiger partial charge is 0.269 e. The van der Waals surface area contributed by atoms with Crippen molar-refractivity contribution in [3.05, 3.63) is 34.4 Å². The van der Waals surface area contributed by atoms with Crippen LogP contribution in [-0.2, 0) is 14.8 Å². The number of hydrogen-bond acceptors (Lipinski definition) is 7. The number of thioether (sulfide) groups is 1. The maximum Gasteiger partial charge on any atom is 0.269 e. The van der Waals surface area contributed by atoms with E-state index in [0.717, 1.165) is 30.0 Å². The van der Waals surface area contributed by atoms with Crippen LogP contribution in [0.15, 0.2) is 29.2 Å². The summed E-state index contributed by atoms with van der Waals surface area (Å²) in [5, 5.41) is 13.1. The molecule has 11 heteroatoms. The van der Waals surface area contributed by atoms with Gasteiger partial charge in [0.15, 0.2) is 0 Å². The fourth-order valence-electron chi connectivity index (χ4n) is 1.71. The average molecular weight is 376 g/mol. The van der Waals surface area contributed by atoms with Gasteiger partial charge in [0.05, 0.1) is 15.9 Å². The number of nitrogens with one attached hydrogen (secondary N) is 2. The highest BCUT2D eigenvalue weighted by atomic mass is 32.2. The van der Waals surface area contributed by atoms with Crippen molar-refractivity contribution in [3.8, 4) is 0 Å². The fourth-order valence-corrected chi connectivity index (χ4v) is 3.23. The summed E-state index contributed by atoms with van der Waals surface area (Å²) in [5.74, 6) is 0.431. The van der Waals surface area contributed by atoms with Gasteiger partial charge in [-0.15, -0.1) is 0 Å². The molecule has 1 amide bonds. The van der Waals surface area contributed by atoms with E-state index in [1.165, 1.54) is 0 Å². The first-order valence-corrected chi connectivity index (χ1v) is 9.92. The van der Waals surface area contributed by atoms with Crippen molar-refractivity contribution in [1.29, 1.82) is 0 Å². The van der Waals surface area contributed by atoms with Gasteiger partial charge in [0.1, 0.15) is 0 Å². The SMILES string of the molecule is CSCC[C@H](N)C(=O)NCCNS(=O)(=O)c1ccc([N+](=O)[O-])cc1. The number of non-ortho nitro benzene ring substituents is 1. The number of carbonyl (C=O) groups is 1. The van der Waals surface area contributed by atoms with Crippen molar-refractivity contribution < 1.29 is 18.1 Å². The Hall–Kier alpha value is -1.69. The molecule has 0 unspecified atom stereocenters. The third-order valence-electron chi connectivity index (χ3n) is 3.04. The number of hydrogen-bond donors (Lipinski definition) is 3. The monoisotopic (exact) mass is 376 g/mol. The molecular formula is C13H20N4O5S2. The van der Waals surface area contributed by atoms with Gasteiger partial charge in [-0.3, -0.25) is 14.9 Å². The number of nitro groups is 1. The van der Waals surface area contributed by atoms with Gasteiger partial charge in [-0.25, -0.2) is 13.1 Å². The lowest BCUT2D eigenvalue weighted by Crippen LogP contribution is -2.43. The second-order valence-corrected chi connectivity index (χ2v) is 7.58. The van der Waals surface area contributed by atoms with E-state index in [4.69, 9.17) is 5.73 Å². The highest BCUT2D eigenvalue weighted by Crippen LogP contribution is 2.15. The topological polar surface area (TPSA) is 144 Å². The maximum absolute atomic E-state index is 12.0. The van der Waals surface area contributed by atoms with Gasteiger partial charge in [-0.2, -0.15) is 11.8 Å². The van der Waals surface area contributed by atoms with Gasteiger partial charge in [0.2, 0.25) is 15.9 Å². The van der Waals surface area contributed by atoms with Crippen LogP contribution in [0.25, 0.3) is 0 Å². The molecule has 0 aliphatic heterocycles. The van der Waals surface area contributed by atoms with Crippen LogP contribution >= 0.6 is 11.8 Å². The summed E-state index contributed by atoms with van der Waals surface area (Å²) in [7, 11) is -3.79. The Kier molecular flexibility index (Phi) is 8.11. The van der Waals surface area contributed by atoms with Crippen LogP contribution in [0, 0.1) is 10.1 Å². The molecule has 1 atom stereocenters. The lowest BCUT2D eigenvalue weighted by molar-refractivity contribution is -0.384. The second kappa shape index (κ2) is 9.57. The Balaban J connectivity index is 2.45. The molecule has 1 aromatic carbocycles. The number of carbonyl (C=O) groups excluding carboxylic acids is 1. The normalized spacial score (nSPS) is 12.6. The largest absolute Gasteiger partial charge is 0.353 e. The number of nitrogens with zero attached hydrogens (tertiary/aromatic N) is 1. The van der Waals surface area contributed by atoms with Crippen LogP contribution < -0.4 is 15.8 Å². The summed E-state index contributed by atoms with van der Waals surface area (Å²) in [5.41, 5.74) is 5.49. The molecule has 9 nitrogen and oxygen atoms in total. The van der Waals surface area contributed by atoms with Gasteiger partial charge in [-0.05, 0) is 30.6 Å². The molecule has 0 spiro atoms. The van der Waals surface area contributed by atoms with Crippen LogP contribution in [0.3, 0.4) is 0 Å². The van der Waals surface area contributed by atoms with Crippen molar-refractivity contribution in [1.82, 2.24) is 10.0 Å². The van der Waals surface area contributed by atoms with E-state index < -0.39 is 21.0 Å².